The third kappa shape index (κ3) is 1.21. The molecule has 12 heavy (non-hydrogen) atoms. The van der Waals surface area contributed by atoms with E-state index in [-0.39, 0.29) is 0 Å². The van der Waals surface area contributed by atoms with Gasteiger partial charge in [-0.3, -0.25) is 0 Å². The van der Waals surface area contributed by atoms with Gasteiger partial charge in [-0.25, -0.2) is 4.79 Å². The van der Waals surface area contributed by atoms with E-state index in [1.54, 1.807) is 0 Å². The maximum Gasteiger partial charge on any atom is 0.377 e. The fourth-order valence-corrected chi connectivity index (χ4v) is 0.605. The molecule has 0 fully saturated rings. The number of hydrogen-bond donors (Lipinski definition) is 4. The van der Waals surface area contributed by atoms with E-state index in [4.69, 9.17) is 20.8 Å². The number of rotatable bonds is 2. The molecule has 0 radical (unpaired) electrons. The van der Waals surface area contributed by atoms with Gasteiger partial charge in [-0.05, 0) is 0 Å². The van der Waals surface area contributed by atoms with Crippen LogP contribution in [0.3, 0.4) is 0 Å². The molecule has 0 spiro atoms. The molecule has 1 aliphatic rings. The van der Waals surface area contributed by atoms with Gasteiger partial charge < -0.3 is 25.2 Å². The van der Waals surface area contributed by atoms with Gasteiger partial charge in [0.2, 0.25) is 5.76 Å². The molecule has 0 aromatic carbocycles. The normalized spacial score (nSPS) is 40.7. The minimum Gasteiger partial charge on any atom is -0.505 e. The molecule has 0 amide bonds. The van der Waals surface area contributed by atoms with Crippen molar-refractivity contribution in [1.82, 2.24) is 0 Å². The van der Waals surface area contributed by atoms with Gasteiger partial charge in [-0.1, -0.05) is 0 Å². The maximum absolute atomic E-state index is 10.8. The number of aliphatic hydroxyl groups is 4. The van der Waals surface area contributed by atoms with Gasteiger partial charge in [0.25, 0.3) is 0 Å². The summed E-state index contributed by atoms with van der Waals surface area (Å²) in [4.78, 5) is 10.8. The standard InChI is InChI=1S/C6H8O6/c7-1-2(8)5-3(9)4(10)6(11)12-5/h2,5,7-10H,1H2/t2?,5-/m1/s1/i1D2,2D,5D. The van der Waals surface area contributed by atoms with Crippen molar-refractivity contribution < 1.29 is 35.4 Å². The summed E-state index contributed by atoms with van der Waals surface area (Å²) in [6.07, 6.45) is -7.06. The molecule has 6 nitrogen and oxygen atoms in total. The topological polar surface area (TPSA) is 107 Å². The minimum atomic E-state index is -3.72. The molecule has 0 aromatic heterocycles. The highest BCUT2D eigenvalue weighted by atomic mass is 16.6. The highest BCUT2D eigenvalue weighted by Crippen LogP contribution is 2.20. The van der Waals surface area contributed by atoms with Crippen LogP contribution in [0.4, 0.5) is 0 Å². The number of hydrogen-bond acceptors (Lipinski definition) is 6. The predicted octanol–water partition coefficient (Wildman–Crippen LogP) is -1.41. The van der Waals surface area contributed by atoms with Crippen molar-refractivity contribution >= 4 is 5.97 Å². The van der Waals surface area contributed by atoms with Gasteiger partial charge in [0.1, 0.15) is 6.08 Å². The molecule has 0 saturated heterocycles. The van der Waals surface area contributed by atoms with Crippen LogP contribution < -0.4 is 0 Å². The van der Waals surface area contributed by atoms with E-state index in [0.29, 0.717) is 0 Å². The van der Waals surface area contributed by atoms with Crippen LogP contribution in [0.1, 0.15) is 5.48 Å². The second-order valence-corrected chi connectivity index (χ2v) is 1.88. The lowest BCUT2D eigenvalue weighted by Gasteiger charge is -2.13. The zero-order chi connectivity index (χ0) is 12.9. The molecule has 6 heteroatoms. The summed E-state index contributed by atoms with van der Waals surface area (Å²) in [6.45, 7) is -3.67. The maximum atomic E-state index is 10.8. The molecule has 68 valence electrons. The van der Waals surface area contributed by atoms with Crippen LogP contribution in [0.15, 0.2) is 11.5 Å². The van der Waals surface area contributed by atoms with Crippen LogP contribution in [0.2, 0.25) is 0 Å². The Morgan fingerprint density at radius 2 is 2.42 bits per heavy atom. The van der Waals surface area contributed by atoms with Crippen molar-refractivity contribution in [2.45, 2.75) is 12.2 Å². The SMILES string of the molecule is [2H]C([2H])(O)C([2H])(O)[C@@]1([2H])OC(=O)C(O)=C1O. The third-order valence-electron chi connectivity index (χ3n) is 1.15. The molecule has 1 unspecified atom stereocenters. The summed E-state index contributed by atoms with van der Waals surface area (Å²) in [5.74, 6) is -4.58. The van der Waals surface area contributed by atoms with E-state index in [1.165, 1.54) is 0 Å². The number of carbonyl (C=O) groups excluding carboxylic acids is 1. The summed E-state index contributed by atoms with van der Waals surface area (Å²) < 4.78 is 31.7. The average Bonchev–Trinajstić information content (AvgIpc) is 2.30. The first-order valence-electron chi connectivity index (χ1n) is 4.76. The summed E-state index contributed by atoms with van der Waals surface area (Å²) in [7, 11) is 0. The second kappa shape index (κ2) is 3.00. The van der Waals surface area contributed by atoms with Gasteiger partial charge in [0.15, 0.2) is 11.8 Å². The van der Waals surface area contributed by atoms with E-state index in [9.17, 15) is 9.90 Å². The Balaban J connectivity index is 3.30. The molecule has 0 saturated carbocycles. The first kappa shape index (κ1) is 4.68. The van der Waals surface area contributed by atoms with E-state index in [1.807, 2.05) is 0 Å². The van der Waals surface area contributed by atoms with Gasteiger partial charge in [-0.15, -0.1) is 0 Å². The Hall–Kier alpha value is -1.27. The van der Waals surface area contributed by atoms with Gasteiger partial charge in [-0.2, -0.15) is 0 Å². The van der Waals surface area contributed by atoms with E-state index in [0.717, 1.165) is 0 Å². The molecule has 0 aromatic rings. The summed E-state index contributed by atoms with van der Waals surface area (Å²) in [5, 5.41) is 36.1. The lowest BCUT2D eigenvalue weighted by molar-refractivity contribution is -0.147. The van der Waals surface area contributed by atoms with Gasteiger partial charge in [0, 0.05) is 0 Å². The lowest BCUT2D eigenvalue weighted by Crippen LogP contribution is -2.31. The van der Waals surface area contributed by atoms with E-state index < -0.39 is 36.2 Å². The highest BCUT2D eigenvalue weighted by Gasteiger charge is 2.38. The molecule has 2 atom stereocenters. The zero-order valence-electron chi connectivity index (χ0n) is 9.61. The third-order valence-corrected chi connectivity index (χ3v) is 1.15. The van der Waals surface area contributed by atoms with Crippen LogP contribution in [0.25, 0.3) is 0 Å². The largest absolute Gasteiger partial charge is 0.505 e. The first-order valence-corrected chi connectivity index (χ1v) is 2.76. The van der Waals surface area contributed by atoms with Crippen LogP contribution in [-0.4, -0.2) is 45.1 Å². The average molecular weight is 180 g/mol. The van der Waals surface area contributed by atoms with Crippen molar-refractivity contribution in [2.24, 2.45) is 0 Å². The molecular weight excluding hydrogens is 168 g/mol. The molecule has 1 rings (SSSR count). The predicted molar refractivity (Wildman–Crippen MR) is 35.3 cm³/mol. The quantitative estimate of drug-likeness (QED) is 0.389. The molecule has 1 heterocycles. The number of esters is 1. The Kier molecular flexibility index (Phi) is 1.17. The molecule has 4 N–H and O–H groups in total. The number of aliphatic hydroxyl groups excluding tert-OH is 2. The zero-order valence-corrected chi connectivity index (χ0v) is 5.61. The van der Waals surface area contributed by atoms with Gasteiger partial charge >= 0.3 is 5.97 Å². The van der Waals surface area contributed by atoms with Crippen LogP contribution in [0.5, 0.6) is 0 Å². The Bertz CT molecular complexity index is 372. The van der Waals surface area contributed by atoms with Crippen molar-refractivity contribution in [2.75, 3.05) is 6.56 Å². The Morgan fingerprint density at radius 1 is 1.83 bits per heavy atom. The lowest BCUT2D eigenvalue weighted by atomic mass is 10.2. The van der Waals surface area contributed by atoms with Crippen LogP contribution >= 0.6 is 0 Å². The number of cyclic esters (lactones) is 1. The first-order chi connectivity index (χ1) is 6.95. The van der Waals surface area contributed by atoms with Gasteiger partial charge in [0.05, 0.1) is 12.0 Å². The Morgan fingerprint density at radius 3 is 2.75 bits per heavy atom. The summed E-state index contributed by atoms with van der Waals surface area (Å²) in [6, 6.07) is 0. The van der Waals surface area contributed by atoms with Crippen molar-refractivity contribution in [3.05, 3.63) is 11.5 Å². The second-order valence-electron chi connectivity index (χ2n) is 1.88. The fraction of sp³-hybridized carbons (Fsp3) is 0.500. The molecule has 0 bridgehead atoms. The minimum absolute atomic E-state index is 1.43. The molecule has 0 aliphatic carbocycles. The molecule has 1 aliphatic heterocycles. The van der Waals surface area contributed by atoms with Crippen LogP contribution in [-0.2, 0) is 9.53 Å². The number of carbonyl (C=O) groups is 1. The Labute approximate surface area is 72.9 Å². The molecular formula is C6H8O6. The summed E-state index contributed by atoms with van der Waals surface area (Å²) in [5.41, 5.74) is 0. The van der Waals surface area contributed by atoms with Crippen molar-refractivity contribution in [3.63, 3.8) is 0 Å². The van der Waals surface area contributed by atoms with Crippen LogP contribution in [0, 0.1) is 0 Å². The fourth-order valence-electron chi connectivity index (χ4n) is 0.605. The van der Waals surface area contributed by atoms with E-state index >= 15 is 0 Å². The highest BCUT2D eigenvalue weighted by molar-refractivity contribution is 5.89. The number of ether oxygens (including phenoxy) is 1. The van der Waals surface area contributed by atoms with Crippen molar-refractivity contribution in [1.29, 1.82) is 0 Å². The van der Waals surface area contributed by atoms with Crippen molar-refractivity contribution in [3.8, 4) is 0 Å². The van der Waals surface area contributed by atoms with E-state index in [2.05, 4.69) is 4.74 Å². The monoisotopic (exact) mass is 180 g/mol. The smallest absolute Gasteiger partial charge is 0.377 e. The summed E-state index contributed by atoms with van der Waals surface area (Å²) >= 11 is 0.